The summed E-state index contributed by atoms with van der Waals surface area (Å²) in [5.74, 6) is -0.773. The van der Waals surface area contributed by atoms with Crippen molar-refractivity contribution in [2.24, 2.45) is 0 Å². The summed E-state index contributed by atoms with van der Waals surface area (Å²) >= 11 is 1.50. The minimum Gasteiger partial charge on any atom is -0.482 e. The molecule has 0 bridgehead atoms. The Bertz CT molecular complexity index is 995. The van der Waals surface area contributed by atoms with Crippen molar-refractivity contribution in [2.75, 3.05) is 13.2 Å². The highest BCUT2D eigenvalue weighted by Crippen LogP contribution is 2.21. The lowest BCUT2D eigenvalue weighted by Crippen LogP contribution is -2.45. The van der Waals surface area contributed by atoms with Crippen molar-refractivity contribution >= 4 is 33.4 Å². The van der Waals surface area contributed by atoms with E-state index in [9.17, 15) is 9.59 Å². The number of ether oxygens (including phenoxy) is 2. The maximum atomic E-state index is 11.7. The van der Waals surface area contributed by atoms with Crippen LogP contribution in [0.25, 0.3) is 10.2 Å². The molecule has 142 valence electrons. The quantitative estimate of drug-likeness (QED) is 0.590. The Morgan fingerprint density at radius 1 is 1.04 bits per heavy atom. The van der Waals surface area contributed by atoms with Gasteiger partial charge in [0.05, 0.1) is 22.4 Å². The van der Waals surface area contributed by atoms with E-state index in [-0.39, 0.29) is 19.8 Å². The highest BCUT2D eigenvalue weighted by Gasteiger charge is 2.09. The number of nitrogens with zero attached hydrogens (tertiary/aromatic N) is 2. The molecular formula is C19H16N4O4S. The standard InChI is InChI=1S/C19H16N4O4S/c20-9-13-5-1-3-7-15(13)27-11-18(25)23-22-17(24)10-26-12-19-21-14-6-2-4-8-16(14)28-19/h1-8H,10-12H2,(H,22,24)(H,23,25). The van der Waals surface area contributed by atoms with Crippen molar-refractivity contribution in [2.45, 2.75) is 6.61 Å². The van der Waals surface area contributed by atoms with Gasteiger partial charge in [-0.05, 0) is 24.3 Å². The van der Waals surface area contributed by atoms with E-state index < -0.39 is 11.8 Å². The van der Waals surface area contributed by atoms with Gasteiger partial charge in [0.2, 0.25) is 0 Å². The molecule has 0 radical (unpaired) electrons. The average Bonchev–Trinajstić information content (AvgIpc) is 3.13. The molecule has 3 aromatic rings. The SMILES string of the molecule is N#Cc1ccccc1OCC(=O)NNC(=O)COCc1nc2ccccc2s1. The maximum Gasteiger partial charge on any atom is 0.276 e. The van der Waals surface area contributed by atoms with Crippen LogP contribution < -0.4 is 15.6 Å². The van der Waals surface area contributed by atoms with Gasteiger partial charge >= 0.3 is 0 Å². The van der Waals surface area contributed by atoms with Crippen molar-refractivity contribution in [3.63, 3.8) is 0 Å². The Labute approximate surface area is 164 Å². The van der Waals surface area contributed by atoms with Gasteiger partial charge in [-0.1, -0.05) is 24.3 Å². The minimum absolute atomic E-state index is 0.203. The summed E-state index contributed by atoms with van der Waals surface area (Å²) in [6.07, 6.45) is 0. The molecule has 0 fully saturated rings. The molecular weight excluding hydrogens is 380 g/mol. The van der Waals surface area contributed by atoms with Crippen molar-refractivity contribution in [3.05, 3.63) is 59.1 Å². The second-order valence-electron chi connectivity index (χ2n) is 5.56. The van der Waals surface area contributed by atoms with Crippen LogP contribution in [0.1, 0.15) is 10.6 Å². The van der Waals surface area contributed by atoms with Gasteiger partial charge in [-0.25, -0.2) is 4.98 Å². The number of carbonyl (C=O) groups is 2. The molecule has 0 unspecified atom stereocenters. The number of benzene rings is 2. The van der Waals surface area contributed by atoms with Crippen LogP contribution >= 0.6 is 11.3 Å². The fraction of sp³-hybridized carbons (Fsp3) is 0.158. The van der Waals surface area contributed by atoms with E-state index in [2.05, 4.69) is 15.8 Å². The Hall–Kier alpha value is -3.48. The van der Waals surface area contributed by atoms with Crippen LogP contribution in [-0.4, -0.2) is 30.0 Å². The number of para-hydroxylation sites is 2. The second-order valence-corrected chi connectivity index (χ2v) is 6.68. The molecule has 0 aliphatic carbocycles. The molecule has 2 aromatic carbocycles. The topological polar surface area (TPSA) is 113 Å². The van der Waals surface area contributed by atoms with Gasteiger partial charge in [0.25, 0.3) is 11.8 Å². The maximum absolute atomic E-state index is 11.7. The molecule has 3 rings (SSSR count). The van der Waals surface area contributed by atoms with Crippen LogP contribution in [0.4, 0.5) is 0 Å². The Balaban J connectivity index is 1.35. The number of fused-ring (bicyclic) bond motifs is 1. The molecule has 0 saturated carbocycles. The average molecular weight is 396 g/mol. The molecule has 9 heteroatoms. The monoisotopic (exact) mass is 396 g/mol. The third kappa shape index (κ3) is 5.26. The second kappa shape index (κ2) is 9.45. The minimum atomic E-state index is -0.563. The molecule has 0 aliphatic heterocycles. The number of hydrazine groups is 1. The first-order chi connectivity index (χ1) is 13.7. The fourth-order valence-corrected chi connectivity index (χ4v) is 3.16. The number of carbonyl (C=O) groups excluding carboxylic acids is 2. The van der Waals surface area contributed by atoms with E-state index in [1.54, 1.807) is 24.3 Å². The van der Waals surface area contributed by atoms with Crippen LogP contribution in [-0.2, 0) is 20.9 Å². The van der Waals surface area contributed by atoms with Crippen molar-refractivity contribution < 1.29 is 19.1 Å². The van der Waals surface area contributed by atoms with Gasteiger partial charge in [-0.2, -0.15) is 5.26 Å². The molecule has 0 spiro atoms. The van der Waals surface area contributed by atoms with Gasteiger partial charge < -0.3 is 9.47 Å². The van der Waals surface area contributed by atoms with Crippen LogP contribution in [0.15, 0.2) is 48.5 Å². The third-order valence-corrected chi connectivity index (χ3v) is 4.51. The van der Waals surface area contributed by atoms with E-state index in [0.29, 0.717) is 11.3 Å². The number of rotatable bonds is 7. The van der Waals surface area contributed by atoms with Gasteiger partial charge in [0.15, 0.2) is 6.61 Å². The third-order valence-electron chi connectivity index (χ3n) is 3.50. The van der Waals surface area contributed by atoms with Gasteiger partial charge in [-0.15, -0.1) is 11.3 Å². The predicted octanol–water partition coefficient (Wildman–Crippen LogP) is 1.91. The number of hydrogen-bond donors (Lipinski definition) is 2. The summed E-state index contributed by atoms with van der Waals surface area (Å²) in [5.41, 5.74) is 5.67. The Kier molecular flexibility index (Phi) is 6.51. The van der Waals surface area contributed by atoms with Crippen LogP contribution in [0.3, 0.4) is 0 Å². The van der Waals surface area contributed by atoms with Crippen LogP contribution in [0.2, 0.25) is 0 Å². The van der Waals surface area contributed by atoms with Gasteiger partial charge in [0, 0.05) is 0 Å². The number of nitriles is 1. The largest absolute Gasteiger partial charge is 0.482 e. The Morgan fingerprint density at radius 2 is 1.75 bits per heavy atom. The van der Waals surface area contributed by atoms with E-state index in [1.165, 1.54) is 11.3 Å². The van der Waals surface area contributed by atoms with Crippen molar-refractivity contribution in [1.29, 1.82) is 5.26 Å². The molecule has 0 aliphatic rings. The predicted molar refractivity (Wildman–Crippen MR) is 102 cm³/mol. The first-order valence-electron chi connectivity index (χ1n) is 8.27. The number of amides is 2. The molecule has 8 nitrogen and oxygen atoms in total. The molecule has 1 aromatic heterocycles. The van der Waals surface area contributed by atoms with Crippen molar-refractivity contribution in [1.82, 2.24) is 15.8 Å². The number of aromatic nitrogens is 1. The van der Waals surface area contributed by atoms with E-state index in [4.69, 9.17) is 14.7 Å². The lowest BCUT2D eigenvalue weighted by atomic mass is 10.2. The van der Waals surface area contributed by atoms with Crippen molar-refractivity contribution in [3.8, 4) is 11.8 Å². The number of thiazole rings is 1. The summed E-state index contributed by atoms with van der Waals surface area (Å²) in [7, 11) is 0. The summed E-state index contributed by atoms with van der Waals surface area (Å²) in [6, 6.07) is 16.2. The molecule has 2 amide bonds. The highest BCUT2D eigenvalue weighted by atomic mass is 32.1. The van der Waals surface area contributed by atoms with E-state index >= 15 is 0 Å². The Morgan fingerprint density at radius 3 is 2.54 bits per heavy atom. The molecule has 0 atom stereocenters. The van der Waals surface area contributed by atoms with Crippen LogP contribution in [0, 0.1) is 11.3 Å². The summed E-state index contributed by atoms with van der Waals surface area (Å²) in [4.78, 5) is 27.9. The van der Waals surface area contributed by atoms with Gasteiger partial charge in [-0.3, -0.25) is 20.4 Å². The molecule has 1 heterocycles. The molecule has 0 saturated heterocycles. The molecule has 2 N–H and O–H groups in total. The van der Waals surface area contributed by atoms with E-state index in [1.807, 2.05) is 30.3 Å². The number of nitrogens with one attached hydrogen (secondary N) is 2. The van der Waals surface area contributed by atoms with Gasteiger partial charge in [0.1, 0.15) is 23.4 Å². The zero-order valence-corrected chi connectivity index (χ0v) is 15.5. The molecule has 28 heavy (non-hydrogen) atoms. The zero-order chi connectivity index (χ0) is 19.8. The lowest BCUT2D eigenvalue weighted by Gasteiger charge is -2.09. The summed E-state index contributed by atoms with van der Waals surface area (Å²) < 4.78 is 11.6. The first kappa shape index (κ1) is 19.3. The normalized spacial score (nSPS) is 10.2. The number of hydrogen-bond acceptors (Lipinski definition) is 7. The lowest BCUT2D eigenvalue weighted by molar-refractivity contribution is -0.132. The fourth-order valence-electron chi connectivity index (χ4n) is 2.25. The smallest absolute Gasteiger partial charge is 0.276 e. The first-order valence-corrected chi connectivity index (χ1v) is 9.09. The van der Waals surface area contributed by atoms with E-state index in [0.717, 1.165) is 15.2 Å². The zero-order valence-electron chi connectivity index (χ0n) is 14.7. The van der Waals surface area contributed by atoms with Crippen LogP contribution in [0.5, 0.6) is 5.75 Å². The summed E-state index contributed by atoms with van der Waals surface area (Å²) in [5, 5.41) is 9.73. The highest BCUT2D eigenvalue weighted by molar-refractivity contribution is 7.18. The summed E-state index contributed by atoms with van der Waals surface area (Å²) in [6.45, 7) is -0.366.